The van der Waals surface area contributed by atoms with Crippen molar-refractivity contribution in [2.45, 2.75) is 13.0 Å². The summed E-state index contributed by atoms with van der Waals surface area (Å²) >= 11 is 0. The summed E-state index contributed by atoms with van der Waals surface area (Å²) in [6, 6.07) is 13.0. The van der Waals surface area contributed by atoms with Crippen molar-refractivity contribution < 1.29 is 4.79 Å². The van der Waals surface area contributed by atoms with Crippen molar-refractivity contribution in [3.63, 3.8) is 0 Å². The van der Waals surface area contributed by atoms with Crippen molar-refractivity contribution in [1.82, 2.24) is 19.7 Å². The second-order valence-electron chi connectivity index (χ2n) is 5.70. The Morgan fingerprint density at radius 2 is 2.04 bits per heavy atom. The molecule has 4 rings (SSSR count). The van der Waals surface area contributed by atoms with Crippen LogP contribution < -0.4 is 10.6 Å². The van der Waals surface area contributed by atoms with E-state index in [0.717, 1.165) is 11.3 Å². The number of nitrogens with zero attached hydrogens (tertiary/aromatic N) is 4. The lowest BCUT2D eigenvalue weighted by molar-refractivity contribution is -0.113. The molecule has 1 aromatic carbocycles. The van der Waals surface area contributed by atoms with E-state index < -0.39 is 0 Å². The fourth-order valence-electron chi connectivity index (χ4n) is 2.96. The molecule has 0 spiro atoms. The van der Waals surface area contributed by atoms with Gasteiger partial charge in [0, 0.05) is 11.9 Å². The first-order chi connectivity index (χ1) is 12.2. The molecular formula is C18H16N6O. The molecule has 124 valence electrons. The van der Waals surface area contributed by atoms with Crippen LogP contribution in [0.4, 0.5) is 11.6 Å². The molecule has 2 N–H and O–H groups in total. The largest absolute Gasteiger partial charge is 0.328 e. The van der Waals surface area contributed by atoms with Crippen molar-refractivity contribution in [3.05, 3.63) is 78.0 Å². The first-order valence-corrected chi connectivity index (χ1v) is 7.87. The summed E-state index contributed by atoms with van der Waals surface area (Å²) in [5.41, 5.74) is 2.94. The highest BCUT2D eigenvalue weighted by Gasteiger charge is 2.33. The third kappa shape index (κ3) is 2.76. The van der Waals surface area contributed by atoms with E-state index in [1.165, 1.54) is 6.33 Å². The molecule has 0 saturated heterocycles. The second kappa shape index (κ2) is 6.20. The number of hydrogen-bond acceptors (Lipinski definition) is 5. The molecule has 7 heteroatoms. The third-order valence-electron chi connectivity index (χ3n) is 4.07. The molecule has 7 nitrogen and oxygen atoms in total. The van der Waals surface area contributed by atoms with Crippen LogP contribution >= 0.6 is 0 Å². The number of carbonyl (C=O) groups is 1. The Balaban J connectivity index is 1.77. The van der Waals surface area contributed by atoms with Crippen LogP contribution in [0.25, 0.3) is 0 Å². The van der Waals surface area contributed by atoms with Gasteiger partial charge in [0.2, 0.25) is 5.95 Å². The topological polar surface area (TPSA) is 84.7 Å². The van der Waals surface area contributed by atoms with Gasteiger partial charge in [-0.15, -0.1) is 0 Å². The molecule has 0 aliphatic carbocycles. The monoisotopic (exact) mass is 332 g/mol. The number of fused-ring (bicyclic) bond motifs is 1. The first-order valence-electron chi connectivity index (χ1n) is 7.87. The van der Waals surface area contributed by atoms with Crippen LogP contribution in [0.5, 0.6) is 0 Å². The minimum absolute atomic E-state index is 0.201. The molecule has 0 fully saturated rings. The van der Waals surface area contributed by atoms with E-state index in [9.17, 15) is 4.79 Å². The van der Waals surface area contributed by atoms with Crippen molar-refractivity contribution >= 4 is 17.5 Å². The lowest BCUT2D eigenvalue weighted by Crippen LogP contribution is -2.31. The van der Waals surface area contributed by atoms with Gasteiger partial charge in [-0.05, 0) is 24.6 Å². The average molecular weight is 332 g/mol. The highest BCUT2D eigenvalue weighted by molar-refractivity contribution is 6.05. The SMILES string of the molecule is CC1=C(C(=O)Nc2cccnc2)[C@H](c2ccccc2)n2ncnc2N1. The van der Waals surface area contributed by atoms with E-state index in [0.29, 0.717) is 17.2 Å². The standard InChI is InChI=1S/C18H16N6O/c1-12-15(17(25)23-14-8-5-9-19-10-14)16(13-6-3-2-4-7-13)24-18(22-12)20-11-21-24/h2-11,16H,1H3,(H,23,25)(H,20,21,22)/t16-/m0/s1. The molecule has 1 amide bonds. The Morgan fingerprint density at radius 3 is 2.80 bits per heavy atom. The molecule has 0 radical (unpaired) electrons. The second-order valence-corrected chi connectivity index (χ2v) is 5.70. The number of hydrogen-bond donors (Lipinski definition) is 2. The van der Waals surface area contributed by atoms with Crippen molar-refractivity contribution in [3.8, 4) is 0 Å². The zero-order valence-corrected chi connectivity index (χ0v) is 13.5. The highest BCUT2D eigenvalue weighted by Crippen LogP contribution is 2.34. The van der Waals surface area contributed by atoms with Crippen molar-refractivity contribution in [1.29, 1.82) is 0 Å². The first kappa shape index (κ1) is 15.1. The van der Waals surface area contributed by atoms with Gasteiger partial charge in [-0.3, -0.25) is 9.78 Å². The summed E-state index contributed by atoms with van der Waals surface area (Å²) in [6.07, 6.45) is 4.76. The van der Waals surface area contributed by atoms with E-state index in [2.05, 4.69) is 25.7 Å². The van der Waals surface area contributed by atoms with Gasteiger partial charge in [-0.25, -0.2) is 4.68 Å². The Hall–Kier alpha value is -3.48. The molecule has 2 aromatic heterocycles. The normalized spacial score (nSPS) is 16.1. The van der Waals surface area contributed by atoms with Crippen LogP contribution in [0.15, 0.2) is 72.5 Å². The molecule has 0 bridgehead atoms. The molecule has 1 aliphatic heterocycles. The van der Waals surface area contributed by atoms with Crippen LogP contribution in [0, 0.1) is 0 Å². The third-order valence-corrected chi connectivity index (χ3v) is 4.07. The number of benzene rings is 1. The van der Waals surface area contributed by atoms with E-state index >= 15 is 0 Å². The molecule has 25 heavy (non-hydrogen) atoms. The summed E-state index contributed by atoms with van der Waals surface area (Å²) in [4.78, 5) is 21.3. The van der Waals surface area contributed by atoms with Gasteiger partial charge in [0.25, 0.3) is 5.91 Å². The number of allylic oxidation sites excluding steroid dienone is 1. The molecule has 3 aromatic rings. The van der Waals surface area contributed by atoms with Crippen LogP contribution in [-0.2, 0) is 4.79 Å². The number of nitrogens with one attached hydrogen (secondary N) is 2. The zero-order valence-electron chi connectivity index (χ0n) is 13.5. The number of rotatable bonds is 3. The fourth-order valence-corrected chi connectivity index (χ4v) is 2.96. The van der Waals surface area contributed by atoms with Gasteiger partial charge in [-0.1, -0.05) is 30.3 Å². The summed E-state index contributed by atoms with van der Waals surface area (Å²) in [5, 5.41) is 10.4. The van der Waals surface area contributed by atoms with Gasteiger partial charge < -0.3 is 10.6 Å². The van der Waals surface area contributed by atoms with Gasteiger partial charge in [0.05, 0.1) is 17.5 Å². The quantitative estimate of drug-likeness (QED) is 0.770. The Labute approximate surface area is 144 Å². The maximum Gasteiger partial charge on any atom is 0.255 e. The van der Waals surface area contributed by atoms with Crippen LogP contribution in [0.3, 0.4) is 0 Å². The molecule has 1 aliphatic rings. The molecule has 0 saturated carbocycles. The smallest absolute Gasteiger partial charge is 0.255 e. The number of pyridine rings is 1. The van der Waals surface area contributed by atoms with E-state index in [1.54, 1.807) is 29.2 Å². The van der Waals surface area contributed by atoms with E-state index in [4.69, 9.17) is 0 Å². The van der Waals surface area contributed by atoms with Crippen LogP contribution in [-0.4, -0.2) is 25.7 Å². The Bertz CT molecular complexity index is 932. The van der Waals surface area contributed by atoms with E-state index in [-0.39, 0.29) is 11.9 Å². The lowest BCUT2D eigenvalue weighted by atomic mass is 9.95. The molecule has 1 atom stereocenters. The fraction of sp³-hybridized carbons (Fsp3) is 0.111. The number of anilines is 2. The molecule has 0 unspecified atom stereocenters. The summed E-state index contributed by atoms with van der Waals surface area (Å²) < 4.78 is 1.72. The maximum absolute atomic E-state index is 13.0. The van der Waals surface area contributed by atoms with Crippen molar-refractivity contribution in [2.75, 3.05) is 10.6 Å². The minimum Gasteiger partial charge on any atom is -0.328 e. The number of aromatic nitrogens is 4. The Kier molecular flexibility index (Phi) is 3.74. The lowest BCUT2D eigenvalue weighted by Gasteiger charge is -2.28. The predicted octanol–water partition coefficient (Wildman–Crippen LogP) is 2.60. The predicted molar refractivity (Wildman–Crippen MR) is 93.8 cm³/mol. The number of amides is 1. The highest BCUT2D eigenvalue weighted by atomic mass is 16.1. The number of carbonyl (C=O) groups excluding carboxylic acids is 1. The summed E-state index contributed by atoms with van der Waals surface area (Å²) in [5.74, 6) is 0.414. The van der Waals surface area contributed by atoms with Gasteiger partial charge >= 0.3 is 0 Å². The van der Waals surface area contributed by atoms with Crippen LogP contribution in [0.1, 0.15) is 18.5 Å². The summed E-state index contributed by atoms with van der Waals surface area (Å²) in [6.45, 7) is 1.87. The minimum atomic E-state index is -0.350. The summed E-state index contributed by atoms with van der Waals surface area (Å²) in [7, 11) is 0. The average Bonchev–Trinajstić information content (AvgIpc) is 3.10. The zero-order chi connectivity index (χ0) is 17.2. The maximum atomic E-state index is 13.0. The molecule has 3 heterocycles. The van der Waals surface area contributed by atoms with E-state index in [1.807, 2.05) is 37.3 Å². The molecular weight excluding hydrogens is 316 g/mol. The van der Waals surface area contributed by atoms with Crippen LogP contribution in [0.2, 0.25) is 0 Å². The van der Waals surface area contributed by atoms with Gasteiger partial charge in [-0.2, -0.15) is 10.1 Å². The Morgan fingerprint density at radius 1 is 1.20 bits per heavy atom. The van der Waals surface area contributed by atoms with Gasteiger partial charge in [0.1, 0.15) is 12.4 Å². The van der Waals surface area contributed by atoms with Gasteiger partial charge in [0.15, 0.2) is 0 Å². The van der Waals surface area contributed by atoms with Crippen molar-refractivity contribution in [2.24, 2.45) is 0 Å².